The number of aliphatic imine (C=N–C) groups is 1. The van der Waals surface area contributed by atoms with Gasteiger partial charge in [-0.2, -0.15) is 0 Å². The molecule has 1 heterocycles. The summed E-state index contributed by atoms with van der Waals surface area (Å²) >= 11 is 3.38. The maximum absolute atomic E-state index is 12.2. The Hall–Kier alpha value is -2.93. The molecule has 1 aliphatic rings. The number of benzene rings is 2. The lowest BCUT2D eigenvalue weighted by Crippen LogP contribution is -2.07. The van der Waals surface area contributed by atoms with Crippen molar-refractivity contribution in [2.75, 3.05) is 7.11 Å². The maximum Gasteiger partial charge on any atom is 0.363 e. The highest BCUT2D eigenvalue weighted by atomic mass is 79.9. The van der Waals surface area contributed by atoms with Crippen molar-refractivity contribution in [2.24, 2.45) is 4.99 Å². The number of cyclic esters (lactones) is 1. The summed E-state index contributed by atoms with van der Waals surface area (Å²) in [6.45, 7) is 3.68. The average molecular weight is 444 g/mol. The van der Waals surface area contributed by atoms with Gasteiger partial charge in [0, 0.05) is 12.0 Å². The fraction of sp³-hybridized carbons (Fsp3) is 0.190. The molecule has 1 aliphatic heterocycles. The molecule has 0 unspecified atom stereocenters. The molecule has 28 heavy (non-hydrogen) atoms. The number of nitrogens with zero attached hydrogens (tertiary/aromatic N) is 1. The molecule has 0 fully saturated rings. The Balaban J connectivity index is 1.94. The lowest BCUT2D eigenvalue weighted by atomic mass is 10.1. The van der Waals surface area contributed by atoms with E-state index in [-0.39, 0.29) is 29.7 Å². The van der Waals surface area contributed by atoms with Crippen molar-refractivity contribution >= 4 is 39.8 Å². The molecule has 0 bridgehead atoms. The molecule has 144 valence electrons. The number of halogens is 1. The molecule has 3 rings (SSSR count). The van der Waals surface area contributed by atoms with Gasteiger partial charge in [0.15, 0.2) is 17.2 Å². The molecule has 6 nitrogen and oxygen atoms in total. The Bertz CT molecular complexity index is 993. The van der Waals surface area contributed by atoms with Gasteiger partial charge in [0.25, 0.3) is 0 Å². The fourth-order valence-corrected chi connectivity index (χ4v) is 3.04. The maximum atomic E-state index is 12.2. The molecule has 0 aromatic heterocycles. The van der Waals surface area contributed by atoms with Crippen molar-refractivity contribution in [1.82, 2.24) is 0 Å². The van der Waals surface area contributed by atoms with E-state index in [1.54, 1.807) is 25.1 Å². The SMILES string of the molecule is CCC(=O)Oc1c(Br)cc(/C=C2\N=C(c3ccc(C)cc3)OC2=O)cc1OC. The quantitative estimate of drug-likeness (QED) is 0.388. The molecule has 0 radical (unpaired) electrons. The minimum Gasteiger partial charge on any atom is -0.493 e. The third-order valence-electron chi connectivity index (χ3n) is 3.98. The van der Waals surface area contributed by atoms with Crippen LogP contribution >= 0.6 is 15.9 Å². The van der Waals surface area contributed by atoms with Gasteiger partial charge in [0.05, 0.1) is 11.6 Å². The molecule has 2 aromatic rings. The van der Waals surface area contributed by atoms with Crippen LogP contribution < -0.4 is 9.47 Å². The normalized spacial score (nSPS) is 14.6. The molecule has 0 spiro atoms. The largest absolute Gasteiger partial charge is 0.493 e. The zero-order valence-corrected chi connectivity index (χ0v) is 17.2. The van der Waals surface area contributed by atoms with Crippen molar-refractivity contribution in [3.63, 3.8) is 0 Å². The molecular weight excluding hydrogens is 426 g/mol. The first kappa shape index (κ1) is 19.8. The Kier molecular flexibility index (Phi) is 5.94. The van der Waals surface area contributed by atoms with Crippen LogP contribution in [0, 0.1) is 6.92 Å². The van der Waals surface area contributed by atoms with Crippen LogP contribution in [-0.4, -0.2) is 24.9 Å². The number of methoxy groups -OCH3 is 1. The Morgan fingerprint density at radius 1 is 1.25 bits per heavy atom. The van der Waals surface area contributed by atoms with Crippen molar-refractivity contribution in [3.8, 4) is 11.5 Å². The number of ether oxygens (including phenoxy) is 3. The van der Waals surface area contributed by atoms with E-state index in [9.17, 15) is 9.59 Å². The van der Waals surface area contributed by atoms with E-state index in [1.165, 1.54) is 7.11 Å². The van der Waals surface area contributed by atoms with Crippen LogP contribution in [0.3, 0.4) is 0 Å². The van der Waals surface area contributed by atoms with Gasteiger partial charge in [-0.15, -0.1) is 0 Å². The zero-order valence-electron chi connectivity index (χ0n) is 15.6. The number of carbonyl (C=O) groups excluding carboxylic acids is 2. The number of esters is 2. The van der Waals surface area contributed by atoms with Gasteiger partial charge in [0.2, 0.25) is 5.90 Å². The Labute approximate surface area is 171 Å². The summed E-state index contributed by atoms with van der Waals surface area (Å²) < 4.78 is 16.4. The van der Waals surface area contributed by atoms with Gasteiger partial charge in [-0.25, -0.2) is 9.79 Å². The topological polar surface area (TPSA) is 74.2 Å². The van der Waals surface area contributed by atoms with Gasteiger partial charge in [-0.1, -0.05) is 24.6 Å². The lowest BCUT2D eigenvalue weighted by Gasteiger charge is -2.11. The molecule has 7 heteroatoms. The van der Waals surface area contributed by atoms with Crippen molar-refractivity contribution in [2.45, 2.75) is 20.3 Å². The lowest BCUT2D eigenvalue weighted by molar-refractivity contribution is -0.134. The summed E-state index contributed by atoms with van der Waals surface area (Å²) in [6, 6.07) is 10.9. The van der Waals surface area contributed by atoms with Crippen molar-refractivity contribution in [3.05, 3.63) is 63.3 Å². The van der Waals surface area contributed by atoms with Crippen molar-refractivity contribution < 1.29 is 23.8 Å². The van der Waals surface area contributed by atoms with E-state index in [4.69, 9.17) is 14.2 Å². The molecule has 0 aliphatic carbocycles. The van der Waals surface area contributed by atoms with E-state index < -0.39 is 5.97 Å². The smallest absolute Gasteiger partial charge is 0.363 e. The highest BCUT2D eigenvalue weighted by molar-refractivity contribution is 9.10. The van der Waals surface area contributed by atoms with Gasteiger partial charge >= 0.3 is 11.9 Å². The van der Waals surface area contributed by atoms with E-state index in [1.807, 2.05) is 31.2 Å². The molecular formula is C21H18BrNO5. The van der Waals surface area contributed by atoms with Gasteiger partial charge < -0.3 is 14.2 Å². The first-order valence-electron chi connectivity index (χ1n) is 8.59. The van der Waals surface area contributed by atoms with E-state index in [0.717, 1.165) is 11.1 Å². The molecule has 0 atom stereocenters. The molecule has 0 saturated carbocycles. The standard InChI is InChI=1S/C21H18BrNO5/c1-4-18(24)27-19-15(22)9-13(11-17(19)26-3)10-16-21(25)28-20(23-16)14-7-5-12(2)6-8-14/h5-11H,4H2,1-3H3/b16-10-. The number of hydrogen-bond acceptors (Lipinski definition) is 6. The predicted octanol–water partition coefficient (Wildman–Crippen LogP) is 4.43. The summed E-state index contributed by atoms with van der Waals surface area (Å²) in [6.07, 6.45) is 1.83. The van der Waals surface area contributed by atoms with E-state index in [2.05, 4.69) is 20.9 Å². The highest BCUT2D eigenvalue weighted by Gasteiger charge is 2.24. The highest BCUT2D eigenvalue weighted by Crippen LogP contribution is 2.37. The first-order valence-corrected chi connectivity index (χ1v) is 9.38. The van der Waals surface area contributed by atoms with Gasteiger partial charge in [-0.3, -0.25) is 4.79 Å². The van der Waals surface area contributed by atoms with Crippen LogP contribution in [-0.2, 0) is 14.3 Å². The third-order valence-corrected chi connectivity index (χ3v) is 4.57. The molecule has 0 N–H and O–H groups in total. The summed E-state index contributed by atoms with van der Waals surface area (Å²) in [5, 5.41) is 0. The third kappa shape index (κ3) is 4.31. The van der Waals surface area contributed by atoms with Gasteiger partial charge in [0.1, 0.15) is 0 Å². The number of hydrogen-bond donors (Lipinski definition) is 0. The molecule has 0 saturated heterocycles. The Morgan fingerprint density at radius 2 is 1.96 bits per heavy atom. The summed E-state index contributed by atoms with van der Waals surface area (Å²) in [5.41, 5.74) is 2.64. The second kappa shape index (κ2) is 8.39. The molecule has 0 amide bonds. The zero-order chi connectivity index (χ0) is 20.3. The van der Waals surface area contributed by atoms with Crippen LogP contribution in [0.1, 0.15) is 30.0 Å². The number of carbonyl (C=O) groups is 2. The minimum absolute atomic E-state index is 0.169. The number of aryl methyl sites for hydroxylation is 1. The van der Waals surface area contributed by atoms with Crippen LogP contribution in [0.25, 0.3) is 6.08 Å². The van der Waals surface area contributed by atoms with Crippen molar-refractivity contribution in [1.29, 1.82) is 0 Å². The second-order valence-corrected chi connectivity index (χ2v) is 6.92. The van der Waals surface area contributed by atoms with Crippen LogP contribution in [0.15, 0.2) is 51.6 Å². The monoisotopic (exact) mass is 443 g/mol. The Morgan fingerprint density at radius 3 is 2.61 bits per heavy atom. The van der Waals surface area contributed by atoms with E-state index >= 15 is 0 Å². The fourth-order valence-electron chi connectivity index (χ4n) is 2.49. The average Bonchev–Trinajstić information content (AvgIpc) is 3.04. The van der Waals surface area contributed by atoms with E-state index in [0.29, 0.717) is 15.8 Å². The van der Waals surface area contributed by atoms with Crippen LogP contribution in [0.5, 0.6) is 11.5 Å². The minimum atomic E-state index is -0.535. The van der Waals surface area contributed by atoms with Gasteiger partial charge in [-0.05, 0) is 58.8 Å². The predicted molar refractivity (Wildman–Crippen MR) is 108 cm³/mol. The summed E-state index contributed by atoms with van der Waals surface area (Å²) in [7, 11) is 1.47. The molecule has 2 aromatic carbocycles. The summed E-state index contributed by atoms with van der Waals surface area (Å²) in [5.74, 6) is -0.00813. The number of rotatable bonds is 5. The second-order valence-electron chi connectivity index (χ2n) is 6.06. The summed E-state index contributed by atoms with van der Waals surface area (Å²) in [4.78, 5) is 28.1. The van der Waals surface area contributed by atoms with Crippen LogP contribution in [0.2, 0.25) is 0 Å². The van der Waals surface area contributed by atoms with Crippen LogP contribution in [0.4, 0.5) is 0 Å². The first-order chi connectivity index (χ1) is 13.4.